The highest BCUT2D eigenvalue weighted by Crippen LogP contribution is 2.17. The normalized spacial score (nSPS) is 11.9. The summed E-state index contributed by atoms with van der Waals surface area (Å²) in [5.74, 6) is -0.188. The molecule has 0 bridgehead atoms. The number of benzene rings is 1. The van der Waals surface area contributed by atoms with Gasteiger partial charge in [0.25, 0.3) is 5.91 Å². The molecule has 2 aromatic rings. The molecule has 0 aliphatic rings. The molecule has 2 rings (SSSR count). The van der Waals surface area contributed by atoms with Crippen molar-refractivity contribution in [3.63, 3.8) is 0 Å². The first-order valence-electron chi connectivity index (χ1n) is 5.74. The molecule has 1 aromatic carbocycles. The fourth-order valence-electron chi connectivity index (χ4n) is 1.66. The van der Waals surface area contributed by atoms with E-state index in [0.717, 1.165) is 5.56 Å². The topological polar surface area (TPSA) is 42.0 Å². The molecular formula is C14H12Cl2N2O. The standard InChI is InChI=1S/C14H12Cl2N2O/c1-9(10-2-4-12(15)5-3-10)18-14(19)11-6-7-17-13(16)8-11/h2-9H,1H3,(H,18,19). The molecular weight excluding hydrogens is 283 g/mol. The Labute approximate surface area is 121 Å². The van der Waals surface area contributed by atoms with E-state index in [-0.39, 0.29) is 11.9 Å². The van der Waals surface area contributed by atoms with Crippen LogP contribution in [0.5, 0.6) is 0 Å². The highest BCUT2D eigenvalue weighted by Gasteiger charge is 2.11. The Morgan fingerprint density at radius 2 is 1.89 bits per heavy atom. The molecule has 0 saturated heterocycles. The van der Waals surface area contributed by atoms with E-state index in [0.29, 0.717) is 15.7 Å². The van der Waals surface area contributed by atoms with Gasteiger partial charge in [-0.3, -0.25) is 4.79 Å². The van der Waals surface area contributed by atoms with Gasteiger partial charge in [0.1, 0.15) is 5.15 Å². The van der Waals surface area contributed by atoms with E-state index in [1.54, 1.807) is 18.2 Å². The third-order valence-corrected chi connectivity index (χ3v) is 3.17. The van der Waals surface area contributed by atoms with Crippen LogP contribution in [0, 0.1) is 0 Å². The summed E-state index contributed by atoms with van der Waals surface area (Å²) in [4.78, 5) is 15.9. The van der Waals surface area contributed by atoms with Gasteiger partial charge in [0.2, 0.25) is 0 Å². The second-order valence-electron chi connectivity index (χ2n) is 4.11. The average Bonchev–Trinajstić information content (AvgIpc) is 2.39. The largest absolute Gasteiger partial charge is 0.346 e. The second kappa shape index (κ2) is 6.04. The van der Waals surface area contributed by atoms with E-state index in [2.05, 4.69) is 10.3 Å². The van der Waals surface area contributed by atoms with Gasteiger partial charge in [-0.2, -0.15) is 0 Å². The first kappa shape index (κ1) is 13.8. The summed E-state index contributed by atoms with van der Waals surface area (Å²) in [6.07, 6.45) is 1.50. The minimum absolute atomic E-state index is 0.114. The van der Waals surface area contributed by atoms with Crippen molar-refractivity contribution >= 4 is 29.1 Å². The molecule has 1 unspecified atom stereocenters. The summed E-state index contributed by atoms with van der Waals surface area (Å²) in [6.45, 7) is 1.91. The van der Waals surface area contributed by atoms with Crippen molar-refractivity contribution in [3.8, 4) is 0 Å². The molecule has 1 aromatic heterocycles. The summed E-state index contributed by atoms with van der Waals surface area (Å²) >= 11 is 11.6. The van der Waals surface area contributed by atoms with Crippen LogP contribution in [0.15, 0.2) is 42.6 Å². The summed E-state index contributed by atoms with van der Waals surface area (Å²) in [6, 6.07) is 10.4. The highest BCUT2D eigenvalue weighted by molar-refractivity contribution is 6.30. The lowest BCUT2D eigenvalue weighted by Gasteiger charge is -2.14. The van der Waals surface area contributed by atoms with Crippen LogP contribution in [0.4, 0.5) is 0 Å². The second-order valence-corrected chi connectivity index (χ2v) is 4.94. The molecule has 0 spiro atoms. The summed E-state index contributed by atoms with van der Waals surface area (Å²) in [5.41, 5.74) is 1.47. The SMILES string of the molecule is CC(NC(=O)c1ccnc(Cl)c1)c1ccc(Cl)cc1. The highest BCUT2D eigenvalue weighted by atomic mass is 35.5. The lowest BCUT2D eigenvalue weighted by Crippen LogP contribution is -2.26. The maximum Gasteiger partial charge on any atom is 0.251 e. The van der Waals surface area contributed by atoms with Crippen molar-refractivity contribution in [2.24, 2.45) is 0 Å². The number of carbonyl (C=O) groups excluding carboxylic acids is 1. The van der Waals surface area contributed by atoms with Gasteiger partial charge in [-0.25, -0.2) is 4.98 Å². The average molecular weight is 295 g/mol. The van der Waals surface area contributed by atoms with Crippen LogP contribution in [0.1, 0.15) is 28.9 Å². The van der Waals surface area contributed by atoms with E-state index in [4.69, 9.17) is 23.2 Å². The smallest absolute Gasteiger partial charge is 0.251 e. The quantitative estimate of drug-likeness (QED) is 0.873. The van der Waals surface area contributed by atoms with Crippen LogP contribution >= 0.6 is 23.2 Å². The Bertz CT molecular complexity index is 584. The van der Waals surface area contributed by atoms with Gasteiger partial charge in [-0.05, 0) is 36.8 Å². The van der Waals surface area contributed by atoms with Crippen LogP contribution in [-0.2, 0) is 0 Å². The maximum absolute atomic E-state index is 12.0. The summed E-state index contributed by atoms with van der Waals surface area (Å²) < 4.78 is 0. The molecule has 0 radical (unpaired) electrons. The maximum atomic E-state index is 12.0. The Balaban J connectivity index is 2.08. The van der Waals surface area contributed by atoms with E-state index in [9.17, 15) is 4.79 Å². The Hall–Kier alpha value is -1.58. The number of halogens is 2. The summed E-state index contributed by atoms with van der Waals surface area (Å²) in [7, 11) is 0. The molecule has 0 saturated carbocycles. The Morgan fingerprint density at radius 3 is 2.53 bits per heavy atom. The first-order chi connectivity index (χ1) is 9.06. The van der Waals surface area contributed by atoms with Gasteiger partial charge in [0, 0.05) is 16.8 Å². The predicted octanol–water partition coefficient (Wildman–Crippen LogP) is 3.88. The molecule has 0 aliphatic carbocycles. The molecule has 1 N–H and O–H groups in total. The van der Waals surface area contributed by atoms with Crippen molar-refractivity contribution in [2.45, 2.75) is 13.0 Å². The van der Waals surface area contributed by atoms with Gasteiger partial charge in [-0.15, -0.1) is 0 Å². The van der Waals surface area contributed by atoms with Crippen LogP contribution in [-0.4, -0.2) is 10.9 Å². The molecule has 0 aliphatic heterocycles. The summed E-state index contributed by atoms with van der Waals surface area (Å²) in [5, 5.41) is 3.86. The molecule has 1 amide bonds. The first-order valence-corrected chi connectivity index (χ1v) is 6.50. The lowest BCUT2D eigenvalue weighted by atomic mass is 10.1. The van der Waals surface area contributed by atoms with E-state index in [1.807, 2.05) is 19.1 Å². The predicted molar refractivity (Wildman–Crippen MR) is 76.6 cm³/mol. The van der Waals surface area contributed by atoms with Crippen LogP contribution in [0.2, 0.25) is 10.2 Å². The van der Waals surface area contributed by atoms with Crippen molar-refractivity contribution in [2.75, 3.05) is 0 Å². The zero-order chi connectivity index (χ0) is 13.8. The number of pyridine rings is 1. The van der Waals surface area contributed by atoms with Crippen LogP contribution < -0.4 is 5.32 Å². The molecule has 1 atom stereocenters. The van der Waals surface area contributed by atoms with E-state index < -0.39 is 0 Å². The number of hydrogen-bond acceptors (Lipinski definition) is 2. The zero-order valence-corrected chi connectivity index (χ0v) is 11.7. The van der Waals surface area contributed by atoms with Gasteiger partial charge in [-0.1, -0.05) is 35.3 Å². The number of carbonyl (C=O) groups is 1. The zero-order valence-electron chi connectivity index (χ0n) is 10.2. The van der Waals surface area contributed by atoms with Crippen LogP contribution in [0.3, 0.4) is 0 Å². The fourth-order valence-corrected chi connectivity index (χ4v) is 1.96. The van der Waals surface area contributed by atoms with Gasteiger partial charge in [0.15, 0.2) is 0 Å². The molecule has 5 heteroatoms. The number of hydrogen-bond donors (Lipinski definition) is 1. The minimum Gasteiger partial charge on any atom is -0.346 e. The third-order valence-electron chi connectivity index (χ3n) is 2.71. The van der Waals surface area contributed by atoms with Gasteiger partial charge >= 0.3 is 0 Å². The molecule has 98 valence electrons. The third kappa shape index (κ3) is 3.69. The number of nitrogens with zero attached hydrogens (tertiary/aromatic N) is 1. The number of aromatic nitrogens is 1. The van der Waals surface area contributed by atoms with Crippen molar-refractivity contribution < 1.29 is 4.79 Å². The fraction of sp³-hybridized carbons (Fsp3) is 0.143. The molecule has 19 heavy (non-hydrogen) atoms. The lowest BCUT2D eigenvalue weighted by molar-refractivity contribution is 0.0940. The van der Waals surface area contributed by atoms with Crippen molar-refractivity contribution in [1.29, 1.82) is 0 Å². The molecule has 0 fully saturated rings. The van der Waals surface area contributed by atoms with Crippen LogP contribution in [0.25, 0.3) is 0 Å². The van der Waals surface area contributed by atoms with E-state index in [1.165, 1.54) is 12.3 Å². The van der Waals surface area contributed by atoms with Gasteiger partial charge in [0.05, 0.1) is 6.04 Å². The van der Waals surface area contributed by atoms with E-state index >= 15 is 0 Å². The number of rotatable bonds is 3. The van der Waals surface area contributed by atoms with Crippen molar-refractivity contribution in [1.82, 2.24) is 10.3 Å². The monoisotopic (exact) mass is 294 g/mol. The minimum atomic E-state index is -0.188. The number of nitrogens with one attached hydrogen (secondary N) is 1. The van der Waals surface area contributed by atoms with Gasteiger partial charge < -0.3 is 5.32 Å². The number of amides is 1. The Morgan fingerprint density at radius 1 is 1.21 bits per heavy atom. The molecule has 3 nitrogen and oxygen atoms in total. The Kier molecular flexibility index (Phi) is 4.40. The molecule has 1 heterocycles. The van der Waals surface area contributed by atoms with Crippen molar-refractivity contribution in [3.05, 3.63) is 63.9 Å².